The molecule has 0 bridgehead atoms. The molecule has 0 unspecified atom stereocenters. The van der Waals surface area contributed by atoms with Crippen molar-refractivity contribution in [3.8, 4) is 11.8 Å². The zero-order valence-corrected chi connectivity index (χ0v) is 12.7. The number of nitrogens with zero attached hydrogens (tertiary/aromatic N) is 3. The van der Waals surface area contributed by atoms with Gasteiger partial charge < -0.3 is 14.2 Å². The molecule has 0 aliphatic carbocycles. The van der Waals surface area contributed by atoms with Crippen LogP contribution in [-0.2, 0) is 6.54 Å². The van der Waals surface area contributed by atoms with E-state index in [0.717, 1.165) is 0 Å². The molecule has 0 radical (unpaired) electrons. The Morgan fingerprint density at radius 1 is 1.38 bits per heavy atom. The van der Waals surface area contributed by atoms with Gasteiger partial charge in [0.25, 0.3) is 5.91 Å². The van der Waals surface area contributed by atoms with E-state index in [-0.39, 0.29) is 12.5 Å². The third-order valence-corrected chi connectivity index (χ3v) is 4.33. The summed E-state index contributed by atoms with van der Waals surface area (Å²) in [5.74, 6) is 0.383. The van der Waals surface area contributed by atoms with Gasteiger partial charge in [-0.1, -0.05) is 23.2 Å². The van der Waals surface area contributed by atoms with Gasteiger partial charge in [0, 0.05) is 31.6 Å². The molecule has 0 saturated heterocycles. The van der Waals surface area contributed by atoms with Gasteiger partial charge in [0.05, 0.1) is 15.6 Å². The van der Waals surface area contributed by atoms with Crippen LogP contribution >= 0.6 is 23.2 Å². The first-order chi connectivity index (χ1) is 10.0. The molecular formula is C14H11Cl2N3O2. The SMILES string of the molecule is CN1CCn2c(cc3c(OCC#N)cc(Cl)c(Cl)c32)C1=O. The maximum atomic E-state index is 12.2. The van der Waals surface area contributed by atoms with E-state index in [9.17, 15) is 4.79 Å². The molecule has 21 heavy (non-hydrogen) atoms. The van der Waals surface area contributed by atoms with Gasteiger partial charge in [-0.25, -0.2) is 0 Å². The van der Waals surface area contributed by atoms with Crippen molar-refractivity contribution >= 4 is 40.0 Å². The molecule has 0 N–H and O–H groups in total. The number of ether oxygens (including phenoxy) is 1. The summed E-state index contributed by atoms with van der Waals surface area (Å²) < 4.78 is 7.25. The number of carbonyl (C=O) groups is 1. The van der Waals surface area contributed by atoms with Gasteiger partial charge in [-0.2, -0.15) is 5.26 Å². The van der Waals surface area contributed by atoms with Gasteiger partial charge in [0.15, 0.2) is 6.61 Å². The highest BCUT2D eigenvalue weighted by Crippen LogP contribution is 2.40. The summed E-state index contributed by atoms with van der Waals surface area (Å²) in [5, 5.41) is 10.1. The Kier molecular flexibility index (Phi) is 3.44. The van der Waals surface area contributed by atoms with Crippen LogP contribution in [0.3, 0.4) is 0 Å². The monoisotopic (exact) mass is 323 g/mol. The van der Waals surface area contributed by atoms with E-state index in [1.165, 1.54) is 0 Å². The molecule has 1 amide bonds. The van der Waals surface area contributed by atoms with E-state index in [1.807, 2.05) is 10.6 Å². The van der Waals surface area contributed by atoms with Crippen LogP contribution in [0.4, 0.5) is 0 Å². The molecule has 7 heteroatoms. The van der Waals surface area contributed by atoms with E-state index in [4.69, 9.17) is 33.2 Å². The van der Waals surface area contributed by atoms with Gasteiger partial charge in [-0.15, -0.1) is 0 Å². The Balaban J connectivity index is 2.29. The molecule has 108 valence electrons. The summed E-state index contributed by atoms with van der Waals surface area (Å²) in [4.78, 5) is 13.9. The van der Waals surface area contributed by atoms with Crippen molar-refractivity contribution in [3.63, 3.8) is 0 Å². The number of halogens is 2. The van der Waals surface area contributed by atoms with Crippen molar-refractivity contribution in [1.29, 1.82) is 5.26 Å². The maximum Gasteiger partial charge on any atom is 0.270 e. The van der Waals surface area contributed by atoms with Gasteiger partial charge in [-0.3, -0.25) is 4.79 Å². The normalized spacial score (nSPS) is 14.2. The number of benzene rings is 1. The molecule has 2 aromatic rings. The molecule has 1 aromatic heterocycles. The Hall–Kier alpha value is -1.90. The van der Waals surface area contributed by atoms with Crippen molar-refractivity contribution in [2.45, 2.75) is 6.54 Å². The predicted molar refractivity (Wildman–Crippen MR) is 80.0 cm³/mol. The number of aromatic nitrogens is 1. The second-order valence-corrected chi connectivity index (χ2v) is 5.57. The lowest BCUT2D eigenvalue weighted by Gasteiger charge is -2.25. The summed E-state index contributed by atoms with van der Waals surface area (Å²) in [5.41, 5.74) is 1.22. The number of hydrogen-bond donors (Lipinski definition) is 0. The molecule has 0 spiro atoms. The standard InChI is InChI=1S/C14H11Cl2N3O2/c1-18-3-4-19-10(14(18)20)6-8-11(21-5-2-17)7-9(15)12(16)13(8)19/h6-7H,3-5H2,1H3. The van der Waals surface area contributed by atoms with Crippen LogP contribution in [0.1, 0.15) is 10.5 Å². The fraction of sp³-hybridized carbons (Fsp3) is 0.286. The number of amides is 1. The fourth-order valence-electron chi connectivity index (χ4n) is 2.53. The topological polar surface area (TPSA) is 58.3 Å². The third kappa shape index (κ3) is 2.11. The quantitative estimate of drug-likeness (QED) is 0.853. The van der Waals surface area contributed by atoms with Crippen molar-refractivity contribution < 1.29 is 9.53 Å². The third-order valence-electron chi connectivity index (χ3n) is 3.55. The largest absolute Gasteiger partial charge is 0.478 e. The van der Waals surface area contributed by atoms with Gasteiger partial charge in [0.1, 0.15) is 17.5 Å². The van der Waals surface area contributed by atoms with Crippen LogP contribution in [0, 0.1) is 11.3 Å². The first-order valence-corrected chi connectivity index (χ1v) is 7.06. The van der Waals surface area contributed by atoms with Crippen molar-refractivity contribution in [3.05, 3.63) is 27.9 Å². The molecule has 5 nitrogen and oxygen atoms in total. The summed E-state index contributed by atoms with van der Waals surface area (Å²) >= 11 is 12.4. The lowest BCUT2D eigenvalue weighted by molar-refractivity contribution is 0.0751. The lowest BCUT2D eigenvalue weighted by atomic mass is 10.2. The molecule has 1 aromatic carbocycles. The highest BCUT2D eigenvalue weighted by atomic mass is 35.5. The van der Waals surface area contributed by atoms with Gasteiger partial charge in [-0.05, 0) is 6.07 Å². The number of fused-ring (bicyclic) bond motifs is 3. The molecule has 1 aliphatic heterocycles. The minimum Gasteiger partial charge on any atom is -0.478 e. The average Bonchev–Trinajstić information content (AvgIpc) is 2.86. The summed E-state index contributed by atoms with van der Waals surface area (Å²) in [6, 6.07) is 5.22. The van der Waals surface area contributed by atoms with Crippen LogP contribution in [-0.4, -0.2) is 35.6 Å². The Morgan fingerprint density at radius 3 is 2.86 bits per heavy atom. The number of nitriles is 1. The van der Waals surface area contributed by atoms with Crippen LogP contribution in [0.2, 0.25) is 10.0 Å². The number of rotatable bonds is 2. The van der Waals surface area contributed by atoms with Gasteiger partial charge >= 0.3 is 0 Å². The molecule has 0 fully saturated rings. The smallest absolute Gasteiger partial charge is 0.270 e. The Bertz CT molecular complexity index is 792. The van der Waals surface area contributed by atoms with Crippen molar-refractivity contribution in [1.82, 2.24) is 9.47 Å². The number of hydrogen-bond acceptors (Lipinski definition) is 3. The van der Waals surface area contributed by atoms with Gasteiger partial charge in [0.2, 0.25) is 0 Å². The molecule has 1 aliphatic rings. The zero-order chi connectivity index (χ0) is 15.1. The predicted octanol–water partition coefficient (Wildman–Crippen LogP) is 2.94. The Labute approximate surface area is 131 Å². The summed E-state index contributed by atoms with van der Waals surface area (Å²) in [7, 11) is 1.76. The first kappa shape index (κ1) is 14.1. The average molecular weight is 324 g/mol. The highest BCUT2D eigenvalue weighted by Gasteiger charge is 2.27. The van der Waals surface area contributed by atoms with Crippen molar-refractivity contribution in [2.24, 2.45) is 0 Å². The first-order valence-electron chi connectivity index (χ1n) is 6.31. The maximum absolute atomic E-state index is 12.2. The minimum atomic E-state index is -0.0958. The summed E-state index contributed by atoms with van der Waals surface area (Å²) in [6.07, 6.45) is 0. The van der Waals surface area contributed by atoms with E-state index in [1.54, 1.807) is 24.1 Å². The number of carbonyl (C=O) groups excluding carboxylic acids is 1. The second-order valence-electron chi connectivity index (χ2n) is 4.79. The van der Waals surface area contributed by atoms with E-state index in [2.05, 4.69) is 0 Å². The highest BCUT2D eigenvalue weighted by molar-refractivity contribution is 6.45. The Morgan fingerprint density at radius 2 is 2.14 bits per heavy atom. The second kappa shape index (κ2) is 5.14. The van der Waals surface area contributed by atoms with E-state index >= 15 is 0 Å². The van der Waals surface area contributed by atoms with E-state index < -0.39 is 0 Å². The van der Waals surface area contributed by atoms with Crippen LogP contribution < -0.4 is 4.74 Å². The molecule has 0 atom stereocenters. The van der Waals surface area contributed by atoms with Crippen LogP contribution in [0.5, 0.6) is 5.75 Å². The number of likely N-dealkylation sites (N-methyl/N-ethyl adjacent to an activating group) is 1. The molecule has 2 heterocycles. The molecule has 3 rings (SSSR count). The summed E-state index contributed by atoms with van der Waals surface area (Å²) in [6.45, 7) is 1.15. The van der Waals surface area contributed by atoms with Crippen LogP contribution in [0.15, 0.2) is 12.1 Å². The zero-order valence-electron chi connectivity index (χ0n) is 11.2. The van der Waals surface area contributed by atoms with E-state index in [0.29, 0.717) is 45.5 Å². The van der Waals surface area contributed by atoms with Crippen molar-refractivity contribution in [2.75, 3.05) is 20.2 Å². The molecule has 0 saturated carbocycles. The minimum absolute atomic E-state index is 0.0733. The van der Waals surface area contributed by atoms with Crippen LogP contribution in [0.25, 0.3) is 10.9 Å². The fourth-order valence-corrected chi connectivity index (χ4v) is 2.98. The lowest BCUT2D eigenvalue weighted by Crippen LogP contribution is -2.36. The molecular weight excluding hydrogens is 313 g/mol.